The van der Waals surface area contributed by atoms with E-state index in [0.29, 0.717) is 6.54 Å². The molecule has 68 valence electrons. The molecule has 0 atom stereocenters. The fourth-order valence-electron chi connectivity index (χ4n) is 0.776. The summed E-state index contributed by atoms with van der Waals surface area (Å²) < 4.78 is -0.0653. The Balaban J connectivity index is 2.80. The highest BCUT2D eigenvalue weighted by molar-refractivity contribution is 6.68. The minimum Gasteiger partial charge on any atom is -0.329 e. The van der Waals surface area contributed by atoms with E-state index in [1.54, 1.807) is 0 Å². The maximum atomic E-state index is 5.60. The monoisotopic (exact) mass is 214 g/mol. The zero-order valence-electron chi connectivity index (χ0n) is 6.65. The van der Waals surface area contributed by atoms with E-state index >= 15 is 0 Å². The zero-order chi connectivity index (χ0) is 8.53. The van der Waals surface area contributed by atoms with Gasteiger partial charge in [-0.05, 0) is 13.0 Å². The molecular formula is C6H16Cl2N2Si. The van der Waals surface area contributed by atoms with Crippen molar-refractivity contribution in [1.29, 1.82) is 0 Å². The summed E-state index contributed by atoms with van der Waals surface area (Å²) in [6, 6.07) is 1.22. The van der Waals surface area contributed by atoms with Crippen LogP contribution in [0.5, 0.6) is 0 Å². The maximum Gasteiger partial charge on any atom is 0.0908 e. The SMILES string of the molecule is NCCNCCC[SiH2]C(Cl)Cl. The highest BCUT2D eigenvalue weighted by Crippen LogP contribution is 2.02. The molecule has 0 aliphatic carbocycles. The second kappa shape index (κ2) is 8.81. The van der Waals surface area contributed by atoms with Crippen LogP contribution in [0.25, 0.3) is 0 Å². The van der Waals surface area contributed by atoms with Crippen LogP contribution in [-0.4, -0.2) is 33.6 Å². The van der Waals surface area contributed by atoms with Gasteiger partial charge in [0.1, 0.15) is 0 Å². The standard InChI is InChI=1S/C6H16Cl2N2Si/c7-6(8)11-5-1-3-10-4-2-9/h6,10H,1-5,9,11H2. The van der Waals surface area contributed by atoms with Crippen LogP contribution in [0.1, 0.15) is 6.42 Å². The predicted molar refractivity (Wildman–Crippen MR) is 55.4 cm³/mol. The second-order valence-electron chi connectivity index (χ2n) is 2.43. The van der Waals surface area contributed by atoms with Gasteiger partial charge in [0.15, 0.2) is 0 Å². The lowest BCUT2D eigenvalue weighted by Crippen LogP contribution is -2.23. The molecule has 5 heteroatoms. The van der Waals surface area contributed by atoms with Crippen LogP contribution in [0.3, 0.4) is 0 Å². The molecular weight excluding hydrogens is 199 g/mol. The highest BCUT2D eigenvalue weighted by Gasteiger charge is 1.97. The van der Waals surface area contributed by atoms with Gasteiger partial charge in [-0.15, -0.1) is 23.2 Å². The van der Waals surface area contributed by atoms with Crippen molar-refractivity contribution in [3.05, 3.63) is 0 Å². The molecule has 0 unspecified atom stereocenters. The molecule has 0 radical (unpaired) electrons. The summed E-state index contributed by atoms with van der Waals surface area (Å²) in [5, 5.41) is 3.22. The number of hydrogen-bond acceptors (Lipinski definition) is 2. The summed E-state index contributed by atoms with van der Waals surface area (Å²) in [5.41, 5.74) is 5.30. The molecule has 0 spiro atoms. The minimum absolute atomic E-state index is 0.0653. The summed E-state index contributed by atoms with van der Waals surface area (Å²) in [4.78, 5) is 0. The fraction of sp³-hybridized carbons (Fsp3) is 1.00. The van der Waals surface area contributed by atoms with Crippen LogP contribution in [0, 0.1) is 0 Å². The lowest BCUT2D eigenvalue weighted by Gasteiger charge is -2.02. The summed E-state index contributed by atoms with van der Waals surface area (Å²) in [6.07, 6.45) is 1.18. The second-order valence-corrected chi connectivity index (χ2v) is 6.84. The molecule has 0 rings (SSSR count). The summed E-state index contributed by atoms with van der Waals surface area (Å²) in [5.74, 6) is 0. The predicted octanol–water partition coefficient (Wildman–Crippen LogP) is 0.273. The molecule has 11 heavy (non-hydrogen) atoms. The minimum atomic E-state index is -0.229. The van der Waals surface area contributed by atoms with Crippen molar-refractivity contribution in [3.8, 4) is 0 Å². The van der Waals surface area contributed by atoms with E-state index in [0.717, 1.165) is 13.1 Å². The van der Waals surface area contributed by atoms with E-state index in [-0.39, 0.29) is 14.0 Å². The smallest absolute Gasteiger partial charge is 0.0908 e. The first-order chi connectivity index (χ1) is 5.27. The third-order valence-corrected chi connectivity index (χ3v) is 4.00. The van der Waals surface area contributed by atoms with Gasteiger partial charge in [0.25, 0.3) is 0 Å². The van der Waals surface area contributed by atoms with Gasteiger partial charge >= 0.3 is 0 Å². The van der Waals surface area contributed by atoms with Gasteiger partial charge in [0.05, 0.1) is 14.0 Å². The molecule has 0 saturated heterocycles. The third kappa shape index (κ3) is 10.7. The van der Waals surface area contributed by atoms with Gasteiger partial charge in [-0.25, -0.2) is 0 Å². The van der Waals surface area contributed by atoms with E-state index in [1.165, 1.54) is 12.5 Å². The van der Waals surface area contributed by atoms with E-state index in [1.807, 2.05) is 0 Å². The summed E-state index contributed by atoms with van der Waals surface area (Å²) in [7, 11) is -0.229. The largest absolute Gasteiger partial charge is 0.329 e. The Kier molecular flexibility index (Phi) is 9.38. The molecule has 0 aliphatic heterocycles. The van der Waals surface area contributed by atoms with Gasteiger partial charge in [-0.2, -0.15) is 0 Å². The van der Waals surface area contributed by atoms with Crippen LogP contribution in [-0.2, 0) is 0 Å². The fourth-order valence-corrected chi connectivity index (χ4v) is 2.55. The van der Waals surface area contributed by atoms with Crippen molar-refractivity contribution in [3.63, 3.8) is 0 Å². The number of alkyl halides is 2. The topological polar surface area (TPSA) is 38.0 Å². The third-order valence-electron chi connectivity index (χ3n) is 1.35. The van der Waals surface area contributed by atoms with Gasteiger partial charge in [0, 0.05) is 13.1 Å². The Morgan fingerprint density at radius 1 is 1.36 bits per heavy atom. The van der Waals surface area contributed by atoms with E-state index in [9.17, 15) is 0 Å². The zero-order valence-corrected chi connectivity index (χ0v) is 9.58. The van der Waals surface area contributed by atoms with Crippen molar-refractivity contribution >= 4 is 32.7 Å². The van der Waals surface area contributed by atoms with Crippen LogP contribution in [0.4, 0.5) is 0 Å². The molecule has 0 aliphatic rings. The van der Waals surface area contributed by atoms with Gasteiger partial charge in [0.2, 0.25) is 0 Å². The Bertz CT molecular complexity index is 83.0. The van der Waals surface area contributed by atoms with Crippen LogP contribution in [0.15, 0.2) is 0 Å². The first-order valence-electron chi connectivity index (χ1n) is 3.96. The van der Waals surface area contributed by atoms with Gasteiger partial charge in [-0.3, -0.25) is 0 Å². The van der Waals surface area contributed by atoms with Crippen molar-refractivity contribution in [1.82, 2.24) is 5.32 Å². The van der Waals surface area contributed by atoms with Crippen molar-refractivity contribution < 1.29 is 0 Å². The molecule has 0 heterocycles. The maximum absolute atomic E-state index is 5.60. The molecule has 3 N–H and O–H groups in total. The average Bonchev–Trinajstić information content (AvgIpc) is 1.96. The Morgan fingerprint density at radius 2 is 2.09 bits per heavy atom. The van der Waals surface area contributed by atoms with E-state index < -0.39 is 0 Å². The molecule has 0 aromatic carbocycles. The van der Waals surface area contributed by atoms with Gasteiger partial charge < -0.3 is 11.1 Å². The van der Waals surface area contributed by atoms with E-state index in [4.69, 9.17) is 28.9 Å². The van der Waals surface area contributed by atoms with Crippen molar-refractivity contribution in [2.75, 3.05) is 19.6 Å². The Morgan fingerprint density at radius 3 is 2.64 bits per heavy atom. The first-order valence-corrected chi connectivity index (χ1v) is 6.65. The van der Waals surface area contributed by atoms with Gasteiger partial charge in [-0.1, -0.05) is 6.04 Å². The number of halogens is 2. The molecule has 0 bridgehead atoms. The first kappa shape index (κ1) is 11.7. The Labute approximate surface area is 80.6 Å². The van der Waals surface area contributed by atoms with Crippen LogP contribution in [0.2, 0.25) is 6.04 Å². The lowest BCUT2D eigenvalue weighted by atomic mass is 10.5. The highest BCUT2D eigenvalue weighted by atomic mass is 35.5. The van der Waals surface area contributed by atoms with Crippen LogP contribution < -0.4 is 11.1 Å². The van der Waals surface area contributed by atoms with Crippen molar-refractivity contribution in [2.24, 2.45) is 5.73 Å². The number of rotatable bonds is 7. The number of nitrogens with one attached hydrogen (secondary N) is 1. The van der Waals surface area contributed by atoms with Crippen LogP contribution >= 0.6 is 23.2 Å². The molecule has 0 fully saturated rings. The molecule has 0 aromatic rings. The summed E-state index contributed by atoms with van der Waals surface area (Å²) in [6.45, 7) is 2.67. The van der Waals surface area contributed by atoms with Crippen molar-refractivity contribution in [2.45, 2.75) is 16.9 Å². The van der Waals surface area contributed by atoms with E-state index in [2.05, 4.69) is 5.32 Å². The Hall–Kier alpha value is 0.717. The molecule has 2 nitrogen and oxygen atoms in total. The number of hydrogen-bond donors (Lipinski definition) is 2. The lowest BCUT2D eigenvalue weighted by molar-refractivity contribution is 0.677. The number of nitrogens with two attached hydrogens (primary N) is 1. The quantitative estimate of drug-likeness (QED) is 0.363. The molecule has 0 aromatic heterocycles. The summed E-state index contributed by atoms with van der Waals surface area (Å²) >= 11 is 11.2. The average molecular weight is 215 g/mol. The molecule has 0 amide bonds. The molecule has 0 saturated carbocycles. The normalized spacial score (nSPS) is 12.0.